The molecule has 0 unspecified atom stereocenters. The first-order chi connectivity index (χ1) is 13.1. The number of oxime groups is 1. The number of likely N-dealkylation sites (tertiary alicyclic amines) is 1. The number of methoxy groups -OCH3 is 1. The largest absolute Gasteiger partial charge is 0.467 e. The highest BCUT2D eigenvalue weighted by atomic mass is 16.7. The molecule has 0 saturated carbocycles. The monoisotopic (exact) mass is 388 g/mol. The maximum atomic E-state index is 12.7. The molecule has 2 heterocycles. The van der Waals surface area contributed by atoms with E-state index in [0.717, 1.165) is 0 Å². The van der Waals surface area contributed by atoms with Crippen molar-refractivity contribution in [2.75, 3.05) is 13.7 Å². The van der Waals surface area contributed by atoms with Crippen molar-refractivity contribution in [3.63, 3.8) is 0 Å². The standard InChI is InChI=1S/C20H24N2O6/c1-19(2,3)27-18(25)22-12-20(11-15(22)17(24)26-4)10-14(21-28-20)16(23)13-8-6-5-7-9-13/h5-9,15H,10-12H2,1-4H3/t15-,20+/m0/s1. The minimum atomic E-state index is -0.949. The van der Waals surface area contributed by atoms with E-state index >= 15 is 0 Å². The van der Waals surface area contributed by atoms with Crippen molar-refractivity contribution in [2.45, 2.75) is 50.9 Å². The predicted molar refractivity (Wildman–Crippen MR) is 100 cm³/mol. The van der Waals surface area contributed by atoms with Gasteiger partial charge in [-0.15, -0.1) is 0 Å². The van der Waals surface area contributed by atoms with Crippen LogP contribution in [0.25, 0.3) is 0 Å². The van der Waals surface area contributed by atoms with Gasteiger partial charge in [0.05, 0.1) is 13.7 Å². The summed E-state index contributed by atoms with van der Waals surface area (Å²) in [5.41, 5.74) is -0.890. The van der Waals surface area contributed by atoms with Gasteiger partial charge < -0.3 is 14.3 Å². The molecule has 0 bridgehead atoms. The lowest BCUT2D eigenvalue weighted by atomic mass is 9.91. The van der Waals surface area contributed by atoms with E-state index in [4.69, 9.17) is 14.3 Å². The molecule has 28 heavy (non-hydrogen) atoms. The number of Topliss-reactive ketones (excluding diaryl/α,β-unsaturated/α-hetero) is 1. The molecular formula is C20H24N2O6. The molecule has 0 aliphatic carbocycles. The van der Waals surface area contributed by atoms with Crippen LogP contribution in [0.15, 0.2) is 35.5 Å². The van der Waals surface area contributed by atoms with E-state index in [1.807, 2.05) is 6.07 Å². The summed E-state index contributed by atoms with van der Waals surface area (Å²) in [5, 5.41) is 3.97. The van der Waals surface area contributed by atoms with E-state index < -0.39 is 29.3 Å². The van der Waals surface area contributed by atoms with Gasteiger partial charge in [0, 0.05) is 18.4 Å². The second-order valence-corrected chi connectivity index (χ2v) is 8.04. The fourth-order valence-corrected chi connectivity index (χ4v) is 3.40. The van der Waals surface area contributed by atoms with E-state index in [-0.39, 0.29) is 30.9 Å². The molecule has 8 nitrogen and oxygen atoms in total. The lowest BCUT2D eigenvalue weighted by molar-refractivity contribution is -0.145. The van der Waals surface area contributed by atoms with Crippen molar-refractivity contribution in [1.29, 1.82) is 0 Å². The molecule has 2 aliphatic rings. The third-order valence-corrected chi connectivity index (χ3v) is 4.64. The molecule has 1 amide bonds. The average Bonchev–Trinajstić information content (AvgIpc) is 3.24. The first-order valence-corrected chi connectivity index (χ1v) is 9.06. The van der Waals surface area contributed by atoms with E-state index in [1.54, 1.807) is 45.0 Å². The van der Waals surface area contributed by atoms with Gasteiger partial charge in [-0.2, -0.15) is 0 Å². The molecule has 2 atom stereocenters. The van der Waals surface area contributed by atoms with Gasteiger partial charge in [0.25, 0.3) is 0 Å². The number of hydrogen-bond acceptors (Lipinski definition) is 7. The smallest absolute Gasteiger partial charge is 0.411 e. The molecule has 1 saturated heterocycles. The van der Waals surface area contributed by atoms with Crippen molar-refractivity contribution in [2.24, 2.45) is 5.16 Å². The van der Waals surface area contributed by atoms with E-state index in [0.29, 0.717) is 5.56 Å². The Balaban J connectivity index is 1.77. The molecule has 150 valence electrons. The van der Waals surface area contributed by atoms with Crippen LogP contribution in [0.2, 0.25) is 0 Å². The molecule has 2 aliphatic heterocycles. The molecule has 0 radical (unpaired) electrons. The molecule has 8 heteroatoms. The zero-order valence-corrected chi connectivity index (χ0v) is 16.4. The molecule has 0 aromatic heterocycles. The number of benzene rings is 1. The van der Waals surface area contributed by atoms with Gasteiger partial charge in [0.1, 0.15) is 17.4 Å². The second-order valence-electron chi connectivity index (χ2n) is 8.04. The van der Waals surface area contributed by atoms with Gasteiger partial charge in [-0.3, -0.25) is 9.69 Å². The summed E-state index contributed by atoms with van der Waals surface area (Å²) in [6.45, 7) is 5.32. The van der Waals surface area contributed by atoms with Gasteiger partial charge in [0.2, 0.25) is 5.78 Å². The van der Waals surface area contributed by atoms with Crippen molar-refractivity contribution >= 4 is 23.6 Å². The number of nitrogens with zero attached hydrogens (tertiary/aromatic N) is 2. The molecule has 3 rings (SSSR count). The summed E-state index contributed by atoms with van der Waals surface area (Å²) >= 11 is 0. The van der Waals surface area contributed by atoms with Crippen LogP contribution in [-0.4, -0.2) is 59.4 Å². The number of ether oxygens (including phenoxy) is 2. The van der Waals surface area contributed by atoms with E-state index in [9.17, 15) is 14.4 Å². The Hall–Kier alpha value is -2.90. The third kappa shape index (κ3) is 4.00. The van der Waals surface area contributed by atoms with Gasteiger partial charge in [-0.1, -0.05) is 35.5 Å². The molecule has 0 N–H and O–H groups in total. The zero-order chi connectivity index (χ0) is 20.5. The van der Waals surface area contributed by atoms with Gasteiger partial charge >= 0.3 is 12.1 Å². The van der Waals surface area contributed by atoms with E-state index in [2.05, 4.69) is 5.16 Å². The van der Waals surface area contributed by atoms with Crippen LogP contribution < -0.4 is 0 Å². The third-order valence-electron chi connectivity index (χ3n) is 4.64. The van der Waals surface area contributed by atoms with Gasteiger partial charge in [-0.05, 0) is 20.8 Å². The molecule has 1 fully saturated rings. The number of esters is 1. The molecular weight excluding hydrogens is 364 g/mol. The summed E-state index contributed by atoms with van der Waals surface area (Å²) in [7, 11) is 1.26. The molecule has 1 aromatic carbocycles. The Morgan fingerprint density at radius 3 is 2.50 bits per heavy atom. The summed E-state index contributed by atoms with van der Waals surface area (Å²) in [6, 6.07) is 7.91. The van der Waals surface area contributed by atoms with Crippen molar-refractivity contribution in [3.8, 4) is 0 Å². The Bertz CT molecular complexity index is 814. The zero-order valence-electron chi connectivity index (χ0n) is 16.4. The number of hydrogen-bond donors (Lipinski definition) is 0. The normalized spacial score (nSPS) is 23.9. The van der Waals surface area contributed by atoms with Crippen molar-refractivity contribution < 1.29 is 28.7 Å². The Morgan fingerprint density at radius 2 is 1.89 bits per heavy atom. The highest BCUT2D eigenvalue weighted by Gasteiger charge is 2.55. The number of ketones is 1. The minimum Gasteiger partial charge on any atom is -0.467 e. The van der Waals surface area contributed by atoms with Crippen molar-refractivity contribution in [1.82, 2.24) is 4.90 Å². The average molecular weight is 388 g/mol. The second kappa shape index (κ2) is 7.26. The minimum absolute atomic E-state index is 0.0801. The Labute approximate surface area is 163 Å². The van der Waals surface area contributed by atoms with Crippen LogP contribution in [-0.2, 0) is 19.1 Å². The highest BCUT2D eigenvalue weighted by molar-refractivity contribution is 6.46. The van der Waals surface area contributed by atoms with Crippen LogP contribution >= 0.6 is 0 Å². The Morgan fingerprint density at radius 1 is 1.21 bits per heavy atom. The first kappa shape index (κ1) is 19.9. The van der Waals surface area contributed by atoms with Crippen LogP contribution in [0, 0.1) is 0 Å². The summed E-state index contributed by atoms with van der Waals surface area (Å²) < 4.78 is 10.3. The SMILES string of the molecule is COC(=O)[C@@H]1C[C@]2(CC(C(=O)c3ccccc3)=NO2)CN1C(=O)OC(C)(C)C. The highest BCUT2D eigenvalue weighted by Crippen LogP contribution is 2.39. The number of rotatable bonds is 3. The maximum absolute atomic E-state index is 12.7. The van der Waals surface area contributed by atoms with Crippen LogP contribution in [0.3, 0.4) is 0 Å². The predicted octanol–water partition coefficient (Wildman–Crippen LogP) is 2.57. The van der Waals surface area contributed by atoms with Crippen LogP contribution in [0.5, 0.6) is 0 Å². The van der Waals surface area contributed by atoms with Crippen molar-refractivity contribution in [3.05, 3.63) is 35.9 Å². The number of carbonyl (C=O) groups excluding carboxylic acids is 3. The summed E-state index contributed by atoms with van der Waals surface area (Å²) in [6.07, 6.45) is -0.257. The maximum Gasteiger partial charge on any atom is 0.411 e. The number of carbonyl (C=O) groups is 3. The summed E-state index contributed by atoms with van der Waals surface area (Å²) in [4.78, 5) is 44.4. The fourth-order valence-electron chi connectivity index (χ4n) is 3.40. The van der Waals surface area contributed by atoms with Gasteiger partial charge in [-0.25, -0.2) is 9.59 Å². The lowest BCUT2D eigenvalue weighted by Gasteiger charge is -2.27. The Kier molecular flexibility index (Phi) is 5.14. The van der Waals surface area contributed by atoms with E-state index in [1.165, 1.54) is 12.0 Å². The molecule has 1 spiro atoms. The van der Waals surface area contributed by atoms with Crippen LogP contribution in [0.4, 0.5) is 4.79 Å². The molecule has 1 aromatic rings. The lowest BCUT2D eigenvalue weighted by Crippen LogP contribution is -2.44. The first-order valence-electron chi connectivity index (χ1n) is 9.06. The number of amides is 1. The summed E-state index contributed by atoms with van der Waals surface area (Å²) in [5.74, 6) is -0.794. The van der Waals surface area contributed by atoms with Crippen LogP contribution in [0.1, 0.15) is 44.0 Å². The topological polar surface area (TPSA) is 94.5 Å². The fraction of sp³-hybridized carbons (Fsp3) is 0.500. The quantitative estimate of drug-likeness (QED) is 0.583. The van der Waals surface area contributed by atoms with Gasteiger partial charge in [0.15, 0.2) is 5.60 Å².